The highest BCUT2D eigenvalue weighted by molar-refractivity contribution is 5.78. The lowest BCUT2D eigenvalue weighted by atomic mass is 10.0. The molecule has 5 nitrogen and oxygen atoms in total. The van der Waals surface area contributed by atoms with E-state index >= 15 is 0 Å². The maximum Gasteiger partial charge on any atom is 0.234 e. The third-order valence-corrected chi connectivity index (χ3v) is 4.27. The summed E-state index contributed by atoms with van der Waals surface area (Å²) in [5.74, 6) is 0.132. The number of likely N-dealkylation sites (tertiary alicyclic amines) is 1. The summed E-state index contributed by atoms with van der Waals surface area (Å²) >= 11 is 0. The molecule has 2 aliphatic rings. The smallest absolute Gasteiger partial charge is 0.234 e. The zero-order valence-electron chi connectivity index (χ0n) is 12.7. The molecule has 0 radical (unpaired) electrons. The third-order valence-electron chi connectivity index (χ3n) is 4.27. The zero-order chi connectivity index (χ0) is 14.2. The average Bonchev–Trinajstić information content (AvgIpc) is 2.48. The Hall–Kier alpha value is -0.650. The van der Waals surface area contributed by atoms with E-state index in [1.807, 2.05) is 0 Å². The van der Waals surface area contributed by atoms with Crippen LogP contribution in [0.1, 0.15) is 39.0 Å². The number of hydrogen-bond donors (Lipinski definition) is 2. The number of nitrogens with one attached hydrogen (secondary N) is 2. The van der Waals surface area contributed by atoms with Crippen LogP contribution in [0.2, 0.25) is 0 Å². The van der Waals surface area contributed by atoms with Crippen molar-refractivity contribution >= 4 is 5.91 Å². The molecule has 0 aliphatic carbocycles. The van der Waals surface area contributed by atoms with Crippen molar-refractivity contribution in [1.82, 2.24) is 15.5 Å². The standard InChI is InChI=1S/C15H29N3O2/c1-2-7-18-8-3-13(4-9-18)16-12-15(19)17-14-5-10-20-11-6-14/h13-14,16H,2-12H2,1H3,(H,17,19). The molecule has 5 heteroatoms. The molecule has 1 amide bonds. The van der Waals surface area contributed by atoms with Crippen molar-refractivity contribution in [3.05, 3.63) is 0 Å². The summed E-state index contributed by atoms with van der Waals surface area (Å²) in [6.07, 6.45) is 5.43. The van der Waals surface area contributed by atoms with Gasteiger partial charge in [0.15, 0.2) is 0 Å². The predicted octanol–water partition coefficient (Wildman–Crippen LogP) is 0.746. The van der Waals surface area contributed by atoms with Crippen LogP contribution in [-0.4, -0.2) is 62.3 Å². The monoisotopic (exact) mass is 283 g/mol. The lowest BCUT2D eigenvalue weighted by Gasteiger charge is -2.32. The molecule has 0 atom stereocenters. The van der Waals surface area contributed by atoms with E-state index in [1.54, 1.807) is 0 Å². The van der Waals surface area contributed by atoms with Gasteiger partial charge in [0, 0.05) is 25.3 Å². The van der Waals surface area contributed by atoms with Crippen molar-refractivity contribution in [2.75, 3.05) is 39.4 Å². The Bertz CT molecular complexity index is 285. The molecule has 0 bridgehead atoms. The molecule has 2 heterocycles. The first-order chi connectivity index (χ1) is 9.78. The molecule has 0 unspecified atom stereocenters. The van der Waals surface area contributed by atoms with Gasteiger partial charge in [0.2, 0.25) is 5.91 Å². The Morgan fingerprint density at radius 1 is 1.15 bits per heavy atom. The number of carbonyl (C=O) groups excluding carboxylic acids is 1. The zero-order valence-corrected chi connectivity index (χ0v) is 12.7. The van der Waals surface area contributed by atoms with Gasteiger partial charge in [-0.3, -0.25) is 4.79 Å². The first kappa shape index (κ1) is 15.7. The molecule has 2 fully saturated rings. The minimum absolute atomic E-state index is 0.132. The second kappa shape index (κ2) is 8.60. The van der Waals surface area contributed by atoms with Gasteiger partial charge >= 0.3 is 0 Å². The van der Waals surface area contributed by atoms with Crippen molar-refractivity contribution in [3.8, 4) is 0 Å². The molecule has 0 saturated carbocycles. The van der Waals surface area contributed by atoms with Gasteiger partial charge in [0.1, 0.15) is 0 Å². The molecular formula is C15H29N3O2. The molecule has 0 aromatic heterocycles. The SMILES string of the molecule is CCCN1CCC(NCC(=O)NC2CCOCC2)CC1. The van der Waals surface area contributed by atoms with Crippen LogP contribution in [0.5, 0.6) is 0 Å². The fourth-order valence-electron chi connectivity index (χ4n) is 3.03. The topological polar surface area (TPSA) is 53.6 Å². The number of ether oxygens (including phenoxy) is 1. The summed E-state index contributed by atoms with van der Waals surface area (Å²) in [6.45, 7) is 7.75. The van der Waals surface area contributed by atoms with Gasteiger partial charge in [-0.15, -0.1) is 0 Å². The minimum atomic E-state index is 0.132. The summed E-state index contributed by atoms with van der Waals surface area (Å²) < 4.78 is 5.29. The van der Waals surface area contributed by atoms with Crippen molar-refractivity contribution in [2.24, 2.45) is 0 Å². The minimum Gasteiger partial charge on any atom is -0.381 e. The molecule has 2 aliphatic heterocycles. The third kappa shape index (κ3) is 5.38. The molecule has 0 aromatic rings. The van der Waals surface area contributed by atoms with Gasteiger partial charge in [0.05, 0.1) is 6.54 Å². The van der Waals surface area contributed by atoms with Crippen LogP contribution in [0, 0.1) is 0 Å². The Kier molecular flexibility index (Phi) is 6.76. The summed E-state index contributed by atoms with van der Waals surface area (Å²) in [4.78, 5) is 14.4. The van der Waals surface area contributed by atoms with Crippen molar-refractivity contribution in [3.63, 3.8) is 0 Å². The molecule has 116 valence electrons. The summed E-state index contributed by atoms with van der Waals surface area (Å²) in [7, 11) is 0. The Labute approximate surface area is 122 Å². The normalized spacial score (nSPS) is 22.9. The molecule has 2 rings (SSSR count). The van der Waals surface area contributed by atoms with Crippen LogP contribution < -0.4 is 10.6 Å². The van der Waals surface area contributed by atoms with Gasteiger partial charge in [-0.25, -0.2) is 0 Å². The van der Waals surface area contributed by atoms with E-state index in [0.717, 1.165) is 52.0 Å². The summed E-state index contributed by atoms with van der Waals surface area (Å²) in [5.41, 5.74) is 0. The summed E-state index contributed by atoms with van der Waals surface area (Å²) in [5, 5.41) is 6.50. The van der Waals surface area contributed by atoms with Crippen LogP contribution in [0.25, 0.3) is 0 Å². The van der Waals surface area contributed by atoms with Crippen LogP contribution in [0.4, 0.5) is 0 Å². The van der Waals surface area contributed by atoms with Crippen molar-refractivity contribution in [2.45, 2.75) is 51.1 Å². The molecule has 2 saturated heterocycles. The first-order valence-electron chi connectivity index (χ1n) is 8.10. The number of carbonyl (C=O) groups is 1. The van der Waals surface area contributed by atoms with Crippen LogP contribution >= 0.6 is 0 Å². The molecule has 0 aromatic carbocycles. The Balaban J connectivity index is 1.57. The maximum atomic E-state index is 11.9. The Morgan fingerprint density at radius 3 is 2.50 bits per heavy atom. The van der Waals surface area contributed by atoms with Gasteiger partial charge in [0.25, 0.3) is 0 Å². The van der Waals surface area contributed by atoms with E-state index in [1.165, 1.54) is 13.0 Å². The van der Waals surface area contributed by atoms with E-state index in [9.17, 15) is 4.79 Å². The van der Waals surface area contributed by atoms with Gasteiger partial charge in [-0.2, -0.15) is 0 Å². The second-order valence-electron chi connectivity index (χ2n) is 5.95. The second-order valence-corrected chi connectivity index (χ2v) is 5.95. The highest BCUT2D eigenvalue weighted by Crippen LogP contribution is 2.10. The fraction of sp³-hybridized carbons (Fsp3) is 0.933. The van der Waals surface area contributed by atoms with Crippen molar-refractivity contribution in [1.29, 1.82) is 0 Å². The van der Waals surface area contributed by atoms with E-state index in [-0.39, 0.29) is 5.91 Å². The van der Waals surface area contributed by atoms with Crippen molar-refractivity contribution < 1.29 is 9.53 Å². The highest BCUT2D eigenvalue weighted by Gasteiger charge is 2.20. The molecule has 2 N–H and O–H groups in total. The van der Waals surface area contributed by atoms with Gasteiger partial charge in [-0.1, -0.05) is 6.92 Å². The van der Waals surface area contributed by atoms with E-state index in [4.69, 9.17) is 4.74 Å². The molecule has 20 heavy (non-hydrogen) atoms. The van der Waals surface area contributed by atoms with Gasteiger partial charge < -0.3 is 20.3 Å². The lowest BCUT2D eigenvalue weighted by Crippen LogP contribution is -2.48. The van der Waals surface area contributed by atoms with E-state index in [0.29, 0.717) is 18.6 Å². The van der Waals surface area contributed by atoms with E-state index < -0.39 is 0 Å². The quantitative estimate of drug-likeness (QED) is 0.755. The van der Waals surface area contributed by atoms with Crippen LogP contribution in [0.15, 0.2) is 0 Å². The predicted molar refractivity (Wildman–Crippen MR) is 79.7 cm³/mol. The first-order valence-corrected chi connectivity index (χ1v) is 8.10. The Morgan fingerprint density at radius 2 is 1.85 bits per heavy atom. The number of amides is 1. The fourth-order valence-corrected chi connectivity index (χ4v) is 3.03. The number of rotatable bonds is 6. The van der Waals surface area contributed by atoms with Crippen LogP contribution in [0.3, 0.4) is 0 Å². The van der Waals surface area contributed by atoms with E-state index in [2.05, 4.69) is 22.5 Å². The number of piperidine rings is 1. The number of nitrogens with zero attached hydrogens (tertiary/aromatic N) is 1. The maximum absolute atomic E-state index is 11.9. The molecular weight excluding hydrogens is 254 g/mol. The lowest BCUT2D eigenvalue weighted by molar-refractivity contribution is -0.121. The average molecular weight is 283 g/mol. The van der Waals surface area contributed by atoms with Gasteiger partial charge in [-0.05, 0) is 51.7 Å². The summed E-state index contributed by atoms with van der Waals surface area (Å²) in [6, 6.07) is 0.813. The van der Waals surface area contributed by atoms with Crippen LogP contribution in [-0.2, 0) is 9.53 Å². The molecule has 0 spiro atoms. The largest absolute Gasteiger partial charge is 0.381 e. The highest BCUT2D eigenvalue weighted by atomic mass is 16.5. The number of hydrogen-bond acceptors (Lipinski definition) is 4.